The molecule has 0 amide bonds. The molecule has 0 atom stereocenters. The maximum absolute atomic E-state index is 4.74. The Bertz CT molecular complexity index is 777. The Morgan fingerprint density at radius 2 is 2.05 bits per heavy atom. The number of rotatable bonds is 4. The fourth-order valence-corrected chi connectivity index (χ4v) is 3.34. The molecule has 0 saturated carbocycles. The van der Waals surface area contributed by atoms with Gasteiger partial charge in [-0.15, -0.1) is 11.3 Å². The first-order valence-corrected chi connectivity index (χ1v) is 8.20. The lowest BCUT2D eigenvalue weighted by atomic mass is 10.0. The molecule has 0 unspecified atom stereocenters. The van der Waals surface area contributed by atoms with Crippen molar-refractivity contribution in [2.75, 3.05) is 11.9 Å². The summed E-state index contributed by atoms with van der Waals surface area (Å²) in [5.41, 5.74) is 5.64. The summed E-state index contributed by atoms with van der Waals surface area (Å²) in [7, 11) is 0. The number of aromatic nitrogens is 2. The van der Waals surface area contributed by atoms with Crippen LogP contribution in [0.25, 0.3) is 22.2 Å². The number of nitrogens with one attached hydrogen (secondary N) is 1. The molecule has 0 saturated heterocycles. The molecular weight excluding hydrogens is 278 g/mol. The van der Waals surface area contributed by atoms with Crippen molar-refractivity contribution in [3.8, 4) is 11.3 Å². The van der Waals surface area contributed by atoms with Gasteiger partial charge in [-0.05, 0) is 31.9 Å². The zero-order valence-corrected chi connectivity index (χ0v) is 13.4. The Labute approximate surface area is 129 Å². The van der Waals surface area contributed by atoms with Gasteiger partial charge < -0.3 is 5.32 Å². The number of hydrogen-bond donors (Lipinski definition) is 1. The highest BCUT2D eigenvalue weighted by Gasteiger charge is 2.11. The first kappa shape index (κ1) is 14.0. The van der Waals surface area contributed by atoms with Gasteiger partial charge in [0, 0.05) is 28.6 Å². The second-order valence-corrected chi connectivity index (χ2v) is 5.90. The van der Waals surface area contributed by atoms with E-state index in [4.69, 9.17) is 9.97 Å². The summed E-state index contributed by atoms with van der Waals surface area (Å²) in [5, 5.41) is 7.55. The van der Waals surface area contributed by atoms with Gasteiger partial charge in [-0.1, -0.05) is 25.1 Å². The molecule has 0 bridgehead atoms. The monoisotopic (exact) mass is 297 g/mol. The van der Waals surface area contributed by atoms with Gasteiger partial charge >= 0.3 is 0 Å². The van der Waals surface area contributed by atoms with Crippen molar-refractivity contribution in [1.29, 1.82) is 0 Å². The maximum Gasteiger partial charge on any atom is 0.183 e. The molecule has 2 aromatic heterocycles. The minimum absolute atomic E-state index is 0.892. The first-order chi connectivity index (χ1) is 10.2. The van der Waals surface area contributed by atoms with Crippen molar-refractivity contribution in [3.05, 3.63) is 40.9 Å². The summed E-state index contributed by atoms with van der Waals surface area (Å²) in [4.78, 5) is 9.43. The van der Waals surface area contributed by atoms with Crippen molar-refractivity contribution in [3.63, 3.8) is 0 Å². The summed E-state index contributed by atoms with van der Waals surface area (Å²) in [6.45, 7) is 7.20. The van der Waals surface area contributed by atoms with Gasteiger partial charge in [-0.2, -0.15) is 0 Å². The molecule has 3 aromatic rings. The van der Waals surface area contributed by atoms with E-state index in [0.29, 0.717) is 0 Å². The molecule has 3 nitrogen and oxygen atoms in total. The molecule has 0 fully saturated rings. The largest absolute Gasteiger partial charge is 0.362 e. The van der Waals surface area contributed by atoms with Crippen LogP contribution in [0.15, 0.2) is 29.6 Å². The zero-order valence-electron chi connectivity index (χ0n) is 12.6. The Morgan fingerprint density at radius 3 is 2.81 bits per heavy atom. The lowest BCUT2D eigenvalue weighted by molar-refractivity contribution is 1.13. The molecule has 3 rings (SSSR count). The number of thiazole rings is 1. The summed E-state index contributed by atoms with van der Waals surface area (Å²) in [6, 6.07) is 8.54. The summed E-state index contributed by atoms with van der Waals surface area (Å²) in [5.74, 6) is 0. The molecule has 1 N–H and O–H groups in total. The van der Waals surface area contributed by atoms with Crippen LogP contribution in [0, 0.1) is 6.92 Å². The molecule has 0 aliphatic rings. The number of anilines is 1. The van der Waals surface area contributed by atoms with Gasteiger partial charge in [0.25, 0.3) is 0 Å². The van der Waals surface area contributed by atoms with Crippen LogP contribution in [0.3, 0.4) is 0 Å². The number of nitrogens with zero attached hydrogens (tertiary/aromatic N) is 2. The maximum atomic E-state index is 4.74. The molecule has 0 radical (unpaired) electrons. The third kappa shape index (κ3) is 2.63. The zero-order chi connectivity index (χ0) is 14.8. The van der Waals surface area contributed by atoms with Crippen molar-refractivity contribution < 1.29 is 0 Å². The summed E-state index contributed by atoms with van der Waals surface area (Å²) in [6.07, 6.45) is 0.993. The van der Waals surface area contributed by atoms with Crippen LogP contribution in [0.1, 0.15) is 25.1 Å². The van der Waals surface area contributed by atoms with E-state index < -0.39 is 0 Å². The Morgan fingerprint density at radius 1 is 1.19 bits per heavy atom. The SMILES string of the molecule is CCNc1nc(-c2cc(C)nc3c(CC)cccc23)cs1. The Kier molecular flexibility index (Phi) is 3.88. The highest BCUT2D eigenvalue weighted by molar-refractivity contribution is 7.14. The molecule has 0 spiro atoms. The quantitative estimate of drug-likeness (QED) is 0.761. The molecule has 4 heteroatoms. The van der Waals surface area contributed by atoms with Crippen molar-refractivity contribution in [1.82, 2.24) is 9.97 Å². The van der Waals surface area contributed by atoms with Gasteiger partial charge in [0.15, 0.2) is 5.13 Å². The number of fused-ring (bicyclic) bond motifs is 1. The summed E-state index contributed by atoms with van der Waals surface area (Å²) >= 11 is 1.65. The fourth-order valence-electron chi connectivity index (χ4n) is 2.56. The number of aryl methyl sites for hydroxylation is 2. The van der Waals surface area contributed by atoms with Crippen molar-refractivity contribution in [2.45, 2.75) is 27.2 Å². The van der Waals surface area contributed by atoms with E-state index in [2.05, 4.69) is 48.8 Å². The smallest absolute Gasteiger partial charge is 0.183 e. The number of hydrogen-bond acceptors (Lipinski definition) is 4. The lowest BCUT2D eigenvalue weighted by Crippen LogP contribution is -1.96. The lowest BCUT2D eigenvalue weighted by Gasteiger charge is -2.09. The predicted octanol–water partition coefficient (Wildman–Crippen LogP) is 4.66. The first-order valence-electron chi connectivity index (χ1n) is 7.32. The van der Waals surface area contributed by atoms with E-state index in [1.165, 1.54) is 16.5 Å². The van der Waals surface area contributed by atoms with Crippen LogP contribution in [0.5, 0.6) is 0 Å². The Hall–Kier alpha value is -1.94. The third-order valence-corrected chi connectivity index (χ3v) is 4.34. The van der Waals surface area contributed by atoms with Gasteiger partial charge in [0.1, 0.15) is 0 Å². The fraction of sp³-hybridized carbons (Fsp3) is 0.294. The third-order valence-electron chi connectivity index (χ3n) is 3.54. The van der Waals surface area contributed by atoms with Gasteiger partial charge in [-0.25, -0.2) is 4.98 Å². The van der Waals surface area contributed by atoms with Crippen LogP contribution in [-0.2, 0) is 6.42 Å². The van der Waals surface area contributed by atoms with Gasteiger partial charge in [-0.3, -0.25) is 4.98 Å². The minimum Gasteiger partial charge on any atom is -0.362 e. The van der Waals surface area contributed by atoms with E-state index in [1.807, 2.05) is 6.92 Å². The molecule has 0 aliphatic carbocycles. The van der Waals surface area contributed by atoms with E-state index in [9.17, 15) is 0 Å². The molecule has 2 heterocycles. The van der Waals surface area contributed by atoms with Gasteiger partial charge in [0.05, 0.1) is 11.2 Å². The molecule has 1 aromatic carbocycles. The predicted molar refractivity (Wildman–Crippen MR) is 91.1 cm³/mol. The normalized spacial score (nSPS) is 11.0. The summed E-state index contributed by atoms with van der Waals surface area (Å²) < 4.78 is 0. The topological polar surface area (TPSA) is 37.8 Å². The molecule has 21 heavy (non-hydrogen) atoms. The highest BCUT2D eigenvalue weighted by Crippen LogP contribution is 2.32. The van der Waals surface area contributed by atoms with Crippen LogP contribution in [0.2, 0.25) is 0 Å². The highest BCUT2D eigenvalue weighted by atomic mass is 32.1. The molecule has 108 valence electrons. The average Bonchev–Trinajstić information content (AvgIpc) is 2.94. The van der Waals surface area contributed by atoms with E-state index in [1.54, 1.807) is 11.3 Å². The number of benzene rings is 1. The second kappa shape index (κ2) is 5.82. The van der Waals surface area contributed by atoms with Crippen LogP contribution < -0.4 is 5.32 Å². The van der Waals surface area contributed by atoms with Crippen LogP contribution in [0.4, 0.5) is 5.13 Å². The van der Waals surface area contributed by atoms with E-state index >= 15 is 0 Å². The number of pyridine rings is 1. The second-order valence-electron chi connectivity index (χ2n) is 5.05. The van der Waals surface area contributed by atoms with Crippen LogP contribution >= 0.6 is 11.3 Å². The van der Waals surface area contributed by atoms with E-state index in [0.717, 1.165) is 35.0 Å². The standard InChI is InChI=1S/C17H19N3S/c1-4-12-7-6-8-13-14(9-11(3)19-16(12)13)15-10-21-17(20-15)18-5-2/h6-10H,4-5H2,1-3H3,(H,18,20). The van der Waals surface area contributed by atoms with Crippen molar-refractivity contribution >= 4 is 27.4 Å². The number of para-hydroxylation sites is 1. The van der Waals surface area contributed by atoms with Crippen LogP contribution in [-0.4, -0.2) is 16.5 Å². The average molecular weight is 297 g/mol. The molecular formula is C17H19N3S. The van der Waals surface area contributed by atoms with Crippen molar-refractivity contribution in [2.24, 2.45) is 0 Å². The van der Waals surface area contributed by atoms with Gasteiger partial charge in [0.2, 0.25) is 0 Å². The molecule has 0 aliphatic heterocycles. The van der Waals surface area contributed by atoms with E-state index in [-0.39, 0.29) is 0 Å². The minimum atomic E-state index is 0.892. The Balaban J connectivity index is 2.21.